The number of aromatic nitrogens is 2. The number of hydrogen-bond donors (Lipinski definition) is 0. The van der Waals surface area contributed by atoms with E-state index in [2.05, 4.69) is 0 Å². The molecule has 3 aromatic rings. The first-order valence-electron chi connectivity index (χ1n) is 10.4. The molecule has 4 rings (SSSR count). The standard InChI is InChI=1S/C23H25N3O3S2/c1-13(2)26-22(29)20-14(3)15(4)31-21(20)24-23(26)30-12-18(27)16-7-9-17(10-8-16)25-11-5-6-19(25)28/h7-10,13H,5-6,11-12H2,1-4H3. The van der Waals surface area contributed by atoms with Gasteiger partial charge in [-0.05, 0) is 63.9 Å². The molecule has 0 N–H and O–H groups in total. The van der Waals surface area contributed by atoms with Crippen molar-refractivity contribution in [1.82, 2.24) is 9.55 Å². The van der Waals surface area contributed by atoms with Crippen LogP contribution in [-0.2, 0) is 4.79 Å². The van der Waals surface area contributed by atoms with Gasteiger partial charge >= 0.3 is 0 Å². The van der Waals surface area contributed by atoms with E-state index in [1.165, 1.54) is 23.1 Å². The van der Waals surface area contributed by atoms with Crippen LogP contribution in [0.1, 0.15) is 53.5 Å². The highest BCUT2D eigenvalue weighted by Gasteiger charge is 2.22. The minimum Gasteiger partial charge on any atom is -0.312 e. The van der Waals surface area contributed by atoms with Crippen molar-refractivity contribution in [2.75, 3.05) is 17.2 Å². The van der Waals surface area contributed by atoms with Crippen LogP contribution in [0.25, 0.3) is 10.2 Å². The third kappa shape index (κ3) is 4.06. The van der Waals surface area contributed by atoms with Gasteiger partial charge in [0.25, 0.3) is 5.56 Å². The van der Waals surface area contributed by atoms with Crippen LogP contribution < -0.4 is 10.5 Å². The lowest BCUT2D eigenvalue weighted by molar-refractivity contribution is -0.117. The predicted molar refractivity (Wildman–Crippen MR) is 127 cm³/mol. The lowest BCUT2D eigenvalue weighted by Gasteiger charge is -2.16. The highest BCUT2D eigenvalue weighted by molar-refractivity contribution is 7.99. The fraction of sp³-hybridized carbons (Fsp3) is 0.391. The van der Waals surface area contributed by atoms with Crippen molar-refractivity contribution in [3.8, 4) is 0 Å². The van der Waals surface area contributed by atoms with E-state index in [1.807, 2.05) is 39.8 Å². The quantitative estimate of drug-likeness (QED) is 0.304. The summed E-state index contributed by atoms with van der Waals surface area (Å²) < 4.78 is 1.68. The molecule has 1 fully saturated rings. The molecule has 2 aromatic heterocycles. The summed E-state index contributed by atoms with van der Waals surface area (Å²) in [6, 6.07) is 7.13. The summed E-state index contributed by atoms with van der Waals surface area (Å²) in [5, 5.41) is 1.25. The second-order valence-corrected chi connectivity index (χ2v) is 10.2. The van der Waals surface area contributed by atoms with E-state index in [-0.39, 0.29) is 29.0 Å². The summed E-state index contributed by atoms with van der Waals surface area (Å²) >= 11 is 2.81. The second kappa shape index (κ2) is 8.59. The van der Waals surface area contributed by atoms with Crippen LogP contribution in [-0.4, -0.2) is 33.5 Å². The van der Waals surface area contributed by atoms with Crippen LogP contribution in [0, 0.1) is 13.8 Å². The van der Waals surface area contributed by atoms with Gasteiger partial charge in [0.05, 0.1) is 11.1 Å². The van der Waals surface area contributed by atoms with E-state index < -0.39 is 0 Å². The fourth-order valence-electron chi connectivity index (χ4n) is 3.81. The van der Waals surface area contributed by atoms with E-state index in [0.29, 0.717) is 22.5 Å². The molecule has 3 heterocycles. The number of nitrogens with zero attached hydrogens (tertiary/aromatic N) is 3. The molecule has 0 aliphatic carbocycles. The van der Waals surface area contributed by atoms with Crippen LogP contribution in [0.2, 0.25) is 0 Å². The Balaban J connectivity index is 1.56. The highest BCUT2D eigenvalue weighted by atomic mass is 32.2. The highest BCUT2D eigenvalue weighted by Crippen LogP contribution is 2.30. The molecule has 162 valence electrons. The molecule has 0 atom stereocenters. The fourth-order valence-corrected chi connectivity index (χ4v) is 5.90. The summed E-state index contributed by atoms with van der Waals surface area (Å²) in [5.41, 5.74) is 2.36. The Morgan fingerprint density at radius 3 is 2.52 bits per heavy atom. The van der Waals surface area contributed by atoms with Crippen LogP contribution in [0.3, 0.4) is 0 Å². The van der Waals surface area contributed by atoms with Crippen molar-refractivity contribution in [2.45, 2.75) is 51.7 Å². The third-order valence-electron chi connectivity index (χ3n) is 5.63. The topological polar surface area (TPSA) is 72.3 Å². The number of thiophene rings is 1. The van der Waals surface area contributed by atoms with Crippen molar-refractivity contribution in [3.63, 3.8) is 0 Å². The first-order valence-corrected chi connectivity index (χ1v) is 12.2. The molecule has 1 aromatic carbocycles. The van der Waals surface area contributed by atoms with Gasteiger partial charge in [-0.2, -0.15) is 0 Å². The average Bonchev–Trinajstić information content (AvgIpc) is 3.28. The van der Waals surface area contributed by atoms with Gasteiger partial charge in [0.1, 0.15) is 4.83 Å². The molecular formula is C23H25N3O3S2. The van der Waals surface area contributed by atoms with Crippen LogP contribution in [0.15, 0.2) is 34.2 Å². The maximum absolute atomic E-state index is 13.1. The molecule has 0 saturated carbocycles. The Kier molecular flexibility index (Phi) is 6.03. The third-order valence-corrected chi connectivity index (χ3v) is 7.68. The molecule has 1 aliphatic rings. The SMILES string of the molecule is Cc1sc2nc(SCC(=O)c3ccc(N4CCCC4=O)cc3)n(C(C)C)c(=O)c2c1C. The summed E-state index contributed by atoms with van der Waals surface area (Å²) in [6.07, 6.45) is 1.45. The lowest BCUT2D eigenvalue weighted by Crippen LogP contribution is -2.25. The predicted octanol–water partition coefficient (Wildman–Crippen LogP) is 4.76. The summed E-state index contributed by atoms with van der Waals surface area (Å²) in [6.45, 7) is 8.58. The number of thioether (sulfide) groups is 1. The van der Waals surface area contributed by atoms with Gasteiger partial charge in [0, 0.05) is 35.1 Å². The average molecular weight is 456 g/mol. The number of benzene rings is 1. The number of anilines is 1. The van der Waals surface area contributed by atoms with Gasteiger partial charge in [-0.25, -0.2) is 4.98 Å². The molecule has 0 radical (unpaired) electrons. The molecule has 0 spiro atoms. The molecule has 1 saturated heterocycles. The van der Waals surface area contributed by atoms with E-state index >= 15 is 0 Å². The number of aryl methyl sites for hydroxylation is 2. The van der Waals surface area contributed by atoms with Crippen molar-refractivity contribution in [2.24, 2.45) is 0 Å². The van der Waals surface area contributed by atoms with Crippen molar-refractivity contribution < 1.29 is 9.59 Å². The number of amides is 1. The molecule has 6 nitrogen and oxygen atoms in total. The minimum absolute atomic E-state index is 0.0347. The zero-order valence-electron chi connectivity index (χ0n) is 18.1. The second-order valence-electron chi connectivity index (χ2n) is 8.03. The number of ketones is 1. The maximum atomic E-state index is 13.1. The van der Waals surface area contributed by atoms with E-state index in [9.17, 15) is 14.4 Å². The molecule has 1 amide bonds. The lowest BCUT2D eigenvalue weighted by atomic mass is 10.1. The molecule has 0 unspecified atom stereocenters. The molecule has 8 heteroatoms. The maximum Gasteiger partial charge on any atom is 0.263 e. The smallest absolute Gasteiger partial charge is 0.263 e. The summed E-state index contributed by atoms with van der Waals surface area (Å²) in [4.78, 5) is 46.1. The van der Waals surface area contributed by atoms with Crippen molar-refractivity contribution in [1.29, 1.82) is 0 Å². The molecule has 0 bridgehead atoms. The molecule has 1 aliphatic heterocycles. The van der Waals surface area contributed by atoms with Gasteiger partial charge in [-0.3, -0.25) is 19.0 Å². The Morgan fingerprint density at radius 1 is 1.19 bits per heavy atom. The van der Waals surface area contributed by atoms with Crippen LogP contribution >= 0.6 is 23.1 Å². The number of hydrogen-bond acceptors (Lipinski definition) is 6. The van der Waals surface area contributed by atoms with Crippen molar-refractivity contribution in [3.05, 3.63) is 50.6 Å². The Bertz CT molecular complexity index is 1230. The largest absolute Gasteiger partial charge is 0.312 e. The summed E-state index contributed by atoms with van der Waals surface area (Å²) in [5.74, 6) is 0.282. The molecular weight excluding hydrogens is 430 g/mol. The number of Topliss-reactive ketones (excluding diaryl/α,β-unsaturated/α-hetero) is 1. The first kappa shape index (κ1) is 21.8. The Morgan fingerprint density at radius 2 is 1.90 bits per heavy atom. The van der Waals surface area contributed by atoms with Crippen LogP contribution in [0.4, 0.5) is 5.69 Å². The zero-order valence-corrected chi connectivity index (χ0v) is 19.7. The summed E-state index contributed by atoms with van der Waals surface area (Å²) in [7, 11) is 0. The number of carbonyl (C=O) groups is 2. The van der Waals surface area contributed by atoms with E-state index in [0.717, 1.165) is 33.9 Å². The van der Waals surface area contributed by atoms with E-state index in [4.69, 9.17) is 4.98 Å². The number of fused-ring (bicyclic) bond motifs is 1. The first-order chi connectivity index (χ1) is 14.8. The van der Waals surface area contributed by atoms with E-state index in [1.54, 1.807) is 21.6 Å². The van der Waals surface area contributed by atoms with Gasteiger partial charge in [0.2, 0.25) is 5.91 Å². The minimum atomic E-state index is -0.0566. The monoisotopic (exact) mass is 455 g/mol. The van der Waals surface area contributed by atoms with Gasteiger partial charge < -0.3 is 4.90 Å². The van der Waals surface area contributed by atoms with Crippen LogP contribution in [0.5, 0.6) is 0 Å². The van der Waals surface area contributed by atoms with Crippen molar-refractivity contribution >= 4 is 50.7 Å². The Labute approximate surface area is 189 Å². The normalized spacial score (nSPS) is 14.2. The molecule has 31 heavy (non-hydrogen) atoms. The van der Waals surface area contributed by atoms with Gasteiger partial charge in [0.15, 0.2) is 10.9 Å². The number of rotatable bonds is 6. The van der Waals surface area contributed by atoms with Gasteiger partial charge in [-0.15, -0.1) is 11.3 Å². The zero-order chi connectivity index (χ0) is 22.3. The number of carbonyl (C=O) groups excluding carboxylic acids is 2. The van der Waals surface area contributed by atoms with Gasteiger partial charge in [-0.1, -0.05) is 11.8 Å². The Hall–Kier alpha value is -2.45.